The van der Waals surface area contributed by atoms with Crippen molar-refractivity contribution in [3.63, 3.8) is 0 Å². The van der Waals surface area contributed by atoms with Crippen LogP contribution in [0.15, 0.2) is 36.4 Å². The first-order valence-electron chi connectivity index (χ1n) is 11.0. The van der Waals surface area contributed by atoms with E-state index in [9.17, 15) is 4.79 Å². The van der Waals surface area contributed by atoms with Gasteiger partial charge in [-0.2, -0.15) is 0 Å². The van der Waals surface area contributed by atoms with Crippen LogP contribution in [0.25, 0.3) is 0 Å². The molecule has 2 aromatic carbocycles. The van der Waals surface area contributed by atoms with E-state index in [4.69, 9.17) is 9.47 Å². The smallest absolute Gasteiger partial charge is 0.325 e. The van der Waals surface area contributed by atoms with Crippen LogP contribution < -0.4 is 19.7 Å². The maximum absolute atomic E-state index is 13.2. The average molecular weight is 423 g/mol. The number of nitrogens with zero attached hydrogens (tertiary/aromatic N) is 1. The van der Waals surface area contributed by atoms with Crippen molar-refractivity contribution in [1.29, 1.82) is 0 Å². The number of rotatable bonds is 2. The molecule has 2 unspecified atom stereocenters. The standard InChI is InChI=1S/C26H34N2O3/c1-24(2,3)16-13-19-21-15-26(7,31-22(19)20(14-16)25(4,5)6)28(23(29)27-21)17-9-11-18(30-8)12-10-17/h9-14,21H,15H2,1-8H3,(H,27,29). The van der Waals surface area contributed by atoms with Crippen molar-refractivity contribution in [2.24, 2.45) is 0 Å². The molecule has 5 heteroatoms. The molecule has 166 valence electrons. The molecule has 2 aromatic rings. The number of benzene rings is 2. The molecule has 1 fully saturated rings. The number of amides is 2. The summed E-state index contributed by atoms with van der Waals surface area (Å²) in [5, 5.41) is 3.24. The van der Waals surface area contributed by atoms with Crippen LogP contribution in [0.4, 0.5) is 10.5 Å². The molecule has 1 N–H and O–H groups in total. The van der Waals surface area contributed by atoms with Gasteiger partial charge in [-0.3, -0.25) is 4.90 Å². The fourth-order valence-corrected chi connectivity index (χ4v) is 4.58. The second-order valence-electron chi connectivity index (χ2n) is 11.0. The van der Waals surface area contributed by atoms with Crippen LogP contribution >= 0.6 is 0 Å². The lowest BCUT2D eigenvalue weighted by molar-refractivity contribution is 0.0358. The Bertz CT molecular complexity index is 1010. The Morgan fingerprint density at radius 2 is 1.71 bits per heavy atom. The highest BCUT2D eigenvalue weighted by Gasteiger charge is 2.51. The Kier molecular flexibility index (Phi) is 4.80. The molecule has 0 saturated carbocycles. The zero-order valence-electron chi connectivity index (χ0n) is 19.9. The third-order valence-electron chi connectivity index (χ3n) is 6.38. The van der Waals surface area contributed by atoms with Crippen molar-refractivity contribution in [2.45, 2.75) is 77.5 Å². The minimum atomic E-state index is -0.780. The molecule has 2 bridgehead atoms. The van der Waals surface area contributed by atoms with Crippen molar-refractivity contribution in [1.82, 2.24) is 5.32 Å². The molecule has 5 nitrogen and oxygen atoms in total. The Morgan fingerprint density at radius 3 is 2.26 bits per heavy atom. The highest BCUT2D eigenvalue weighted by Crippen LogP contribution is 2.50. The number of hydrogen-bond acceptors (Lipinski definition) is 3. The summed E-state index contributed by atoms with van der Waals surface area (Å²) in [5.41, 5.74) is 3.43. The van der Waals surface area contributed by atoms with E-state index >= 15 is 0 Å². The van der Waals surface area contributed by atoms with Gasteiger partial charge in [0.2, 0.25) is 0 Å². The monoisotopic (exact) mass is 422 g/mol. The molecule has 2 heterocycles. The first-order valence-corrected chi connectivity index (χ1v) is 11.0. The summed E-state index contributed by atoms with van der Waals surface area (Å²) in [6, 6.07) is 11.8. The number of carbonyl (C=O) groups is 1. The highest BCUT2D eigenvalue weighted by atomic mass is 16.5. The number of fused-ring (bicyclic) bond motifs is 4. The van der Waals surface area contributed by atoms with Gasteiger partial charge in [0.25, 0.3) is 0 Å². The predicted molar refractivity (Wildman–Crippen MR) is 124 cm³/mol. The van der Waals surface area contributed by atoms with E-state index in [0.29, 0.717) is 6.42 Å². The first-order chi connectivity index (χ1) is 14.3. The number of nitrogens with one attached hydrogen (secondary N) is 1. The van der Waals surface area contributed by atoms with Crippen LogP contribution in [-0.2, 0) is 10.8 Å². The van der Waals surface area contributed by atoms with E-state index in [0.717, 1.165) is 22.7 Å². The van der Waals surface area contributed by atoms with Crippen molar-refractivity contribution in [3.05, 3.63) is 53.1 Å². The second kappa shape index (κ2) is 6.91. The van der Waals surface area contributed by atoms with Gasteiger partial charge >= 0.3 is 6.03 Å². The fraction of sp³-hybridized carbons (Fsp3) is 0.500. The summed E-state index contributed by atoms with van der Waals surface area (Å²) in [5.74, 6) is 1.65. The van der Waals surface area contributed by atoms with Gasteiger partial charge < -0.3 is 14.8 Å². The largest absolute Gasteiger partial charge is 0.497 e. The van der Waals surface area contributed by atoms with Crippen LogP contribution in [0.5, 0.6) is 11.5 Å². The lowest BCUT2D eigenvalue weighted by atomic mass is 9.76. The van der Waals surface area contributed by atoms with Crippen molar-refractivity contribution in [3.8, 4) is 11.5 Å². The Balaban J connectivity index is 1.85. The lowest BCUT2D eigenvalue weighted by Gasteiger charge is -2.51. The molecule has 2 aliphatic heterocycles. The molecule has 0 spiro atoms. The fourth-order valence-electron chi connectivity index (χ4n) is 4.58. The van der Waals surface area contributed by atoms with E-state index in [-0.39, 0.29) is 22.9 Å². The molecular weight excluding hydrogens is 388 g/mol. The summed E-state index contributed by atoms with van der Waals surface area (Å²) < 4.78 is 12.0. The van der Waals surface area contributed by atoms with Gasteiger partial charge in [-0.25, -0.2) is 4.79 Å². The molecular formula is C26H34N2O3. The van der Waals surface area contributed by atoms with Gasteiger partial charge in [-0.1, -0.05) is 47.6 Å². The molecule has 31 heavy (non-hydrogen) atoms. The Hall–Kier alpha value is -2.69. The van der Waals surface area contributed by atoms with Gasteiger partial charge in [0.15, 0.2) is 5.72 Å². The van der Waals surface area contributed by atoms with Gasteiger partial charge in [-0.15, -0.1) is 0 Å². The molecule has 1 saturated heterocycles. The average Bonchev–Trinajstić information content (AvgIpc) is 2.65. The number of urea groups is 1. The summed E-state index contributed by atoms with van der Waals surface area (Å²) in [6.45, 7) is 15.3. The quantitative estimate of drug-likeness (QED) is 0.640. The highest BCUT2D eigenvalue weighted by molar-refractivity contribution is 5.95. The normalized spacial score (nSPS) is 23.0. The molecule has 0 radical (unpaired) electrons. The van der Waals surface area contributed by atoms with Crippen molar-refractivity contribution in [2.75, 3.05) is 12.0 Å². The van der Waals surface area contributed by atoms with Crippen molar-refractivity contribution >= 4 is 11.7 Å². The maximum Gasteiger partial charge on any atom is 0.325 e. The van der Waals surface area contributed by atoms with Crippen LogP contribution in [-0.4, -0.2) is 18.9 Å². The lowest BCUT2D eigenvalue weighted by Crippen LogP contribution is -2.65. The molecule has 2 atom stereocenters. The van der Waals surface area contributed by atoms with Gasteiger partial charge in [-0.05, 0) is 53.6 Å². The van der Waals surface area contributed by atoms with Crippen LogP contribution in [0.1, 0.15) is 77.6 Å². The van der Waals surface area contributed by atoms with E-state index < -0.39 is 5.72 Å². The summed E-state index contributed by atoms with van der Waals surface area (Å²) >= 11 is 0. The zero-order valence-corrected chi connectivity index (χ0v) is 19.9. The van der Waals surface area contributed by atoms with E-state index in [1.807, 2.05) is 31.2 Å². The predicted octanol–water partition coefficient (Wildman–Crippen LogP) is 6.06. The third-order valence-corrected chi connectivity index (χ3v) is 6.38. The number of hydrogen-bond donors (Lipinski definition) is 1. The molecule has 0 aliphatic carbocycles. The maximum atomic E-state index is 13.2. The minimum absolute atomic E-state index is 0.00356. The SMILES string of the molecule is COc1ccc(N2C(=O)NC3CC2(C)Oc2c3cc(C(C)(C)C)cc2C(C)(C)C)cc1. The second-order valence-corrected chi connectivity index (χ2v) is 11.0. The van der Waals surface area contributed by atoms with Crippen LogP contribution in [0.3, 0.4) is 0 Å². The molecule has 0 aromatic heterocycles. The van der Waals surface area contributed by atoms with Crippen LogP contribution in [0, 0.1) is 0 Å². The first kappa shape index (κ1) is 21.5. The summed E-state index contributed by atoms with van der Waals surface area (Å²) in [4.78, 5) is 15.0. The van der Waals surface area contributed by atoms with Crippen LogP contribution in [0.2, 0.25) is 0 Å². The number of anilines is 1. The van der Waals surface area contributed by atoms with Crippen molar-refractivity contribution < 1.29 is 14.3 Å². The van der Waals surface area contributed by atoms with E-state index in [2.05, 4.69) is 59.0 Å². The zero-order chi connectivity index (χ0) is 22.8. The summed E-state index contributed by atoms with van der Waals surface area (Å²) in [6.07, 6.45) is 0.676. The van der Waals surface area contributed by atoms with E-state index in [1.54, 1.807) is 12.0 Å². The van der Waals surface area contributed by atoms with Gasteiger partial charge in [0, 0.05) is 23.2 Å². The molecule has 4 rings (SSSR count). The minimum Gasteiger partial charge on any atom is -0.497 e. The number of methoxy groups -OCH3 is 1. The summed E-state index contributed by atoms with van der Waals surface area (Å²) in [7, 11) is 1.63. The molecule has 2 amide bonds. The van der Waals surface area contributed by atoms with Gasteiger partial charge in [0.05, 0.1) is 13.2 Å². The topological polar surface area (TPSA) is 50.8 Å². The van der Waals surface area contributed by atoms with Gasteiger partial charge in [0.1, 0.15) is 11.5 Å². The van der Waals surface area contributed by atoms with E-state index in [1.165, 1.54) is 11.1 Å². The Morgan fingerprint density at radius 1 is 1.06 bits per heavy atom. The Labute approximate surface area is 185 Å². The third kappa shape index (κ3) is 3.64. The number of carbonyl (C=O) groups excluding carboxylic acids is 1. The molecule has 2 aliphatic rings. The number of ether oxygens (including phenoxy) is 2.